The van der Waals surface area contributed by atoms with Gasteiger partial charge >= 0.3 is 0 Å². The van der Waals surface area contributed by atoms with Gasteiger partial charge in [0.1, 0.15) is 5.82 Å². The van der Waals surface area contributed by atoms with Crippen LogP contribution in [-0.4, -0.2) is 33.1 Å². The van der Waals surface area contributed by atoms with Crippen LogP contribution in [-0.2, 0) is 4.74 Å². The largest absolute Gasteiger partial charge is 0.382 e. The third kappa shape index (κ3) is 1.92. The molecule has 1 saturated heterocycles. The summed E-state index contributed by atoms with van der Waals surface area (Å²) in [5, 5.41) is 3.48. The average molecular weight is 259 g/mol. The minimum atomic E-state index is 0.318. The third-order valence-electron chi connectivity index (χ3n) is 3.94. The van der Waals surface area contributed by atoms with Gasteiger partial charge in [-0.05, 0) is 25.2 Å². The molecule has 0 bridgehead atoms. The summed E-state index contributed by atoms with van der Waals surface area (Å²) in [6.07, 6.45) is 9.31. The Hall–Kier alpha value is -1.82. The summed E-state index contributed by atoms with van der Waals surface area (Å²) in [5.74, 6) is 1.97. The molecule has 100 valence electrons. The van der Waals surface area contributed by atoms with Crippen LogP contribution in [0.1, 0.15) is 19.3 Å². The van der Waals surface area contributed by atoms with E-state index in [-0.39, 0.29) is 0 Å². The number of fused-ring (bicyclic) bond motifs is 1. The molecule has 1 aliphatic heterocycles. The van der Waals surface area contributed by atoms with Gasteiger partial charge in [0.2, 0.25) is 0 Å². The Bertz CT molecular complexity index is 606. The Morgan fingerprint density at radius 2 is 2.26 bits per heavy atom. The number of rotatable bonds is 3. The average Bonchev–Trinajstić information content (AvgIpc) is 2.94. The van der Waals surface area contributed by atoms with Gasteiger partial charge in [-0.2, -0.15) is 0 Å². The van der Waals surface area contributed by atoms with E-state index in [1.807, 2.05) is 10.6 Å². The van der Waals surface area contributed by atoms with E-state index in [0.717, 1.165) is 30.4 Å². The van der Waals surface area contributed by atoms with Gasteiger partial charge in [-0.25, -0.2) is 9.97 Å². The van der Waals surface area contributed by atoms with Crippen LogP contribution in [0.4, 0.5) is 11.6 Å². The lowest BCUT2D eigenvalue weighted by Crippen LogP contribution is -2.31. The van der Waals surface area contributed by atoms with Crippen molar-refractivity contribution in [2.45, 2.75) is 31.4 Å². The zero-order valence-electron chi connectivity index (χ0n) is 10.6. The number of hydrogen-bond donors (Lipinski definition) is 2. The van der Waals surface area contributed by atoms with Crippen molar-refractivity contribution in [3.8, 4) is 0 Å². The summed E-state index contributed by atoms with van der Waals surface area (Å²) < 4.78 is 7.73. The number of imidazole rings is 1. The van der Waals surface area contributed by atoms with Crippen LogP contribution in [0.5, 0.6) is 0 Å². The molecule has 0 radical (unpaired) electrons. The summed E-state index contributed by atoms with van der Waals surface area (Å²) in [6.45, 7) is 0.825. The molecule has 6 heteroatoms. The predicted molar refractivity (Wildman–Crippen MR) is 71.9 cm³/mol. The molecule has 0 aromatic carbocycles. The number of nitrogen functional groups attached to an aromatic ring is 1. The number of nitrogens with zero attached hydrogens (tertiary/aromatic N) is 3. The molecule has 2 aromatic heterocycles. The van der Waals surface area contributed by atoms with E-state index in [0.29, 0.717) is 18.0 Å². The maximum absolute atomic E-state index is 5.84. The van der Waals surface area contributed by atoms with Gasteiger partial charge in [-0.1, -0.05) is 0 Å². The highest BCUT2D eigenvalue weighted by Gasteiger charge is 2.40. The first-order valence-electron chi connectivity index (χ1n) is 6.78. The Balaban J connectivity index is 1.65. The van der Waals surface area contributed by atoms with Gasteiger partial charge in [0.05, 0.1) is 18.3 Å². The number of nitrogens with one attached hydrogen (secondary N) is 1. The second-order valence-electron chi connectivity index (χ2n) is 5.38. The summed E-state index contributed by atoms with van der Waals surface area (Å²) in [7, 11) is 0. The van der Waals surface area contributed by atoms with Crippen molar-refractivity contribution in [2.24, 2.45) is 5.92 Å². The number of aromatic nitrogens is 3. The normalized spacial score (nSPS) is 26.9. The van der Waals surface area contributed by atoms with E-state index in [9.17, 15) is 0 Å². The SMILES string of the molecule is Nc1cn2ccnc2c(NC2CCOC2C2CC2)n1. The fourth-order valence-electron chi connectivity index (χ4n) is 2.88. The summed E-state index contributed by atoms with van der Waals surface area (Å²) in [5.41, 5.74) is 6.65. The van der Waals surface area contributed by atoms with Gasteiger partial charge in [0.15, 0.2) is 11.5 Å². The van der Waals surface area contributed by atoms with Crippen molar-refractivity contribution in [3.05, 3.63) is 18.6 Å². The summed E-state index contributed by atoms with van der Waals surface area (Å²) >= 11 is 0. The van der Waals surface area contributed by atoms with Crippen molar-refractivity contribution < 1.29 is 4.74 Å². The molecule has 0 spiro atoms. The molecule has 3 N–H and O–H groups in total. The second-order valence-corrected chi connectivity index (χ2v) is 5.38. The molecule has 2 unspecified atom stereocenters. The molecule has 6 nitrogen and oxygen atoms in total. The summed E-state index contributed by atoms with van der Waals surface area (Å²) in [4.78, 5) is 8.71. The van der Waals surface area contributed by atoms with Crippen molar-refractivity contribution in [1.29, 1.82) is 0 Å². The number of nitrogens with two attached hydrogens (primary N) is 1. The van der Waals surface area contributed by atoms with Gasteiger partial charge in [-0.3, -0.25) is 0 Å². The van der Waals surface area contributed by atoms with E-state index < -0.39 is 0 Å². The molecular formula is C13H17N5O. The van der Waals surface area contributed by atoms with E-state index in [1.54, 1.807) is 12.4 Å². The smallest absolute Gasteiger partial charge is 0.180 e. The van der Waals surface area contributed by atoms with Crippen LogP contribution in [0.3, 0.4) is 0 Å². The zero-order chi connectivity index (χ0) is 12.8. The molecule has 2 aromatic rings. The Labute approximate surface area is 111 Å². The lowest BCUT2D eigenvalue weighted by molar-refractivity contribution is 0.0898. The lowest BCUT2D eigenvalue weighted by Gasteiger charge is -2.20. The zero-order valence-corrected chi connectivity index (χ0v) is 10.6. The first-order chi connectivity index (χ1) is 9.31. The molecule has 4 rings (SSSR count). The van der Waals surface area contributed by atoms with Gasteiger partial charge in [-0.15, -0.1) is 0 Å². The van der Waals surface area contributed by atoms with Crippen molar-refractivity contribution in [2.75, 3.05) is 17.7 Å². The quantitative estimate of drug-likeness (QED) is 0.868. The standard InChI is InChI=1S/C13H17N5O/c14-10-7-18-5-4-15-13(18)12(17-10)16-9-3-6-19-11(9)8-1-2-8/h4-5,7-9,11H,1-3,6,14H2,(H,16,17). The fourth-order valence-corrected chi connectivity index (χ4v) is 2.88. The number of anilines is 2. The molecule has 1 saturated carbocycles. The fraction of sp³-hybridized carbons (Fsp3) is 0.538. The van der Waals surface area contributed by atoms with E-state index in [1.165, 1.54) is 12.8 Å². The third-order valence-corrected chi connectivity index (χ3v) is 3.94. The molecular weight excluding hydrogens is 242 g/mol. The van der Waals surface area contributed by atoms with Crippen LogP contribution in [0, 0.1) is 5.92 Å². The van der Waals surface area contributed by atoms with Gasteiger partial charge < -0.3 is 20.2 Å². The first-order valence-corrected chi connectivity index (χ1v) is 6.78. The van der Waals surface area contributed by atoms with E-state index >= 15 is 0 Å². The number of hydrogen-bond acceptors (Lipinski definition) is 5. The van der Waals surface area contributed by atoms with Crippen LogP contribution in [0.15, 0.2) is 18.6 Å². The predicted octanol–water partition coefficient (Wildman–Crippen LogP) is 1.29. The molecule has 3 heterocycles. The highest BCUT2D eigenvalue weighted by atomic mass is 16.5. The number of ether oxygens (including phenoxy) is 1. The van der Waals surface area contributed by atoms with Gasteiger partial charge in [0, 0.05) is 19.0 Å². The molecule has 1 aliphatic carbocycles. The molecule has 2 atom stereocenters. The minimum Gasteiger partial charge on any atom is -0.382 e. The van der Waals surface area contributed by atoms with Crippen LogP contribution < -0.4 is 11.1 Å². The van der Waals surface area contributed by atoms with E-state index in [2.05, 4.69) is 15.3 Å². The van der Waals surface area contributed by atoms with Crippen LogP contribution >= 0.6 is 0 Å². The Morgan fingerprint density at radius 1 is 1.37 bits per heavy atom. The maximum Gasteiger partial charge on any atom is 0.180 e. The Kier molecular flexibility index (Phi) is 2.38. The topological polar surface area (TPSA) is 77.5 Å². The van der Waals surface area contributed by atoms with E-state index in [4.69, 9.17) is 10.5 Å². The second kappa shape index (κ2) is 4.09. The van der Waals surface area contributed by atoms with Crippen LogP contribution in [0.25, 0.3) is 5.65 Å². The molecule has 2 fully saturated rings. The molecule has 0 amide bonds. The highest BCUT2D eigenvalue weighted by molar-refractivity contribution is 5.65. The van der Waals surface area contributed by atoms with Crippen molar-refractivity contribution in [1.82, 2.24) is 14.4 Å². The highest BCUT2D eigenvalue weighted by Crippen LogP contribution is 2.39. The molecule has 2 aliphatic rings. The molecule has 19 heavy (non-hydrogen) atoms. The maximum atomic E-state index is 5.84. The van der Waals surface area contributed by atoms with Crippen molar-refractivity contribution in [3.63, 3.8) is 0 Å². The first kappa shape index (κ1) is 11.0. The Morgan fingerprint density at radius 3 is 3.11 bits per heavy atom. The van der Waals surface area contributed by atoms with Crippen molar-refractivity contribution >= 4 is 17.3 Å². The van der Waals surface area contributed by atoms with Crippen LogP contribution in [0.2, 0.25) is 0 Å². The van der Waals surface area contributed by atoms with Gasteiger partial charge in [0.25, 0.3) is 0 Å². The summed E-state index contributed by atoms with van der Waals surface area (Å²) in [6, 6.07) is 0.322. The lowest BCUT2D eigenvalue weighted by atomic mass is 10.1. The monoisotopic (exact) mass is 259 g/mol. The minimum absolute atomic E-state index is 0.318.